The molecule has 2 aromatic heterocycles. The standard InChI is InChI=1S/C27H36FN5O3/c1-18(2)31-25-22(26(34)29-15-24(28)27(3,4)35)14-30-33-17-21(13-23(25)33)20-7-5-6-19(12-20)16-32-8-10-36-11-9-32/h5-7,12-14,17-18,24,31,35H,8-11,15-16H2,1-4H3,(H,29,34)/t24-/m1/s1. The number of amides is 1. The van der Waals surface area contributed by atoms with E-state index in [-0.39, 0.29) is 12.6 Å². The van der Waals surface area contributed by atoms with Crippen molar-refractivity contribution in [3.8, 4) is 11.1 Å². The van der Waals surface area contributed by atoms with Gasteiger partial charge in [-0.1, -0.05) is 18.2 Å². The van der Waals surface area contributed by atoms with E-state index in [0.717, 1.165) is 49.5 Å². The zero-order chi connectivity index (χ0) is 25.9. The Bertz CT molecular complexity index is 1200. The Hall–Kier alpha value is -3.01. The molecule has 3 aromatic rings. The summed E-state index contributed by atoms with van der Waals surface area (Å²) in [6, 6.07) is 10.5. The lowest BCUT2D eigenvalue weighted by molar-refractivity contribution is -0.00177. The zero-order valence-corrected chi connectivity index (χ0v) is 21.4. The maximum atomic E-state index is 14.2. The van der Waals surface area contributed by atoms with E-state index in [4.69, 9.17) is 4.74 Å². The van der Waals surface area contributed by atoms with E-state index < -0.39 is 17.7 Å². The predicted octanol–water partition coefficient (Wildman–Crippen LogP) is 3.49. The number of rotatable bonds is 9. The number of morpholine rings is 1. The summed E-state index contributed by atoms with van der Waals surface area (Å²) < 4.78 is 21.4. The van der Waals surface area contributed by atoms with Gasteiger partial charge in [0.05, 0.1) is 48.3 Å². The van der Waals surface area contributed by atoms with Crippen molar-refractivity contribution < 1.29 is 19.0 Å². The second-order valence-corrected chi connectivity index (χ2v) is 10.2. The van der Waals surface area contributed by atoms with E-state index in [2.05, 4.69) is 44.9 Å². The van der Waals surface area contributed by atoms with Crippen molar-refractivity contribution in [1.29, 1.82) is 0 Å². The molecule has 0 bridgehead atoms. The molecule has 1 atom stereocenters. The molecule has 1 aliphatic heterocycles. The third-order valence-electron chi connectivity index (χ3n) is 6.29. The van der Waals surface area contributed by atoms with Crippen molar-refractivity contribution in [3.63, 3.8) is 0 Å². The van der Waals surface area contributed by atoms with Crippen LogP contribution in [0.25, 0.3) is 16.6 Å². The summed E-state index contributed by atoms with van der Waals surface area (Å²) in [7, 11) is 0. The Morgan fingerprint density at radius 2 is 1.97 bits per heavy atom. The van der Waals surface area contributed by atoms with E-state index in [0.29, 0.717) is 11.3 Å². The van der Waals surface area contributed by atoms with E-state index >= 15 is 0 Å². The number of anilines is 1. The molecular weight excluding hydrogens is 461 g/mol. The first-order valence-corrected chi connectivity index (χ1v) is 12.4. The first kappa shape index (κ1) is 26.1. The third-order valence-corrected chi connectivity index (χ3v) is 6.29. The fourth-order valence-corrected chi connectivity index (χ4v) is 4.22. The topological polar surface area (TPSA) is 91.1 Å². The number of carbonyl (C=O) groups is 1. The number of hydrogen-bond acceptors (Lipinski definition) is 6. The lowest BCUT2D eigenvalue weighted by Crippen LogP contribution is -2.42. The lowest BCUT2D eigenvalue weighted by Gasteiger charge is -2.26. The predicted molar refractivity (Wildman–Crippen MR) is 139 cm³/mol. The Morgan fingerprint density at radius 3 is 2.67 bits per heavy atom. The molecular formula is C27H36FN5O3. The molecule has 1 saturated heterocycles. The fraction of sp³-hybridized carbons (Fsp3) is 0.481. The molecule has 9 heteroatoms. The molecule has 0 spiro atoms. The quantitative estimate of drug-likeness (QED) is 0.419. The third kappa shape index (κ3) is 6.21. The van der Waals surface area contributed by atoms with Crippen LogP contribution in [0, 0.1) is 0 Å². The summed E-state index contributed by atoms with van der Waals surface area (Å²) in [5.41, 5.74) is 3.45. The number of hydrogen-bond donors (Lipinski definition) is 3. The van der Waals surface area contributed by atoms with Crippen LogP contribution in [0.3, 0.4) is 0 Å². The summed E-state index contributed by atoms with van der Waals surface area (Å²) in [5, 5.41) is 20.3. The van der Waals surface area contributed by atoms with Gasteiger partial charge in [-0.3, -0.25) is 9.69 Å². The molecule has 1 amide bonds. The Morgan fingerprint density at radius 1 is 1.22 bits per heavy atom. The van der Waals surface area contributed by atoms with Crippen molar-refractivity contribution in [1.82, 2.24) is 19.8 Å². The first-order valence-electron chi connectivity index (χ1n) is 12.4. The largest absolute Gasteiger partial charge is 0.387 e. The van der Waals surface area contributed by atoms with Crippen molar-refractivity contribution in [2.75, 3.05) is 38.2 Å². The molecule has 0 aliphatic carbocycles. The van der Waals surface area contributed by atoms with Crippen LogP contribution in [0.4, 0.5) is 10.1 Å². The minimum atomic E-state index is -1.59. The Labute approximate surface area is 211 Å². The highest BCUT2D eigenvalue weighted by Crippen LogP contribution is 2.30. The van der Waals surface area contributed by atoms with Gasteiger partial charge in [0.1, 0.15) is 6.17 Å². The summed E-state index contributed by atoms with van der Waals surface area (Å²) in [6.45, 7) is 10.7. The van der Waals surface area contributed by atoms with E-state index in [9.17, 15) is 14.3 Å². The number of nitrogens with zero attached hydrogens (tertiary/aromatic N) is 3. The van der Waals surface area contributed by atoms with Crippen LogP contribution in [0.2, 0.25) is 0 Å². The molecule has 3 N–H and O–H groups in total. The van der Waals surface area contributed by atoms with Crippen LogP contribution < -0.4 is 10.6 Å². The number of ether oxygens (including phenoxy) is 1. The number of nitrogens with one attached hydrogen (secondary N) is 2. The minimum absolute atomic E-state index is 0.0586. The number of benzene rings is 1. The van der Waals surface area contributed by atoms with Crippen LogP contribution >= 0.6 is 0 Å². The van der Waals surface area contributed by atoms with Crippen LogP contribution in [0.5, 0.6) is 0 Å². The molecule has 3 heterocycles. The Balaban J connectivity index is 1.62. The number of carbonyl (C=O) groups excluding carboxylic acids is 1. The van der Waals surface area contributed by atoms with Crippen LogP contribution in [0.1, 0.15) is 43.6 Å². The smallest absolute Gasteiger partial charge is 0.255 e. The van der Waals surface area contributed by atoms with Gasteiger partial charge >= 0.3 is 0 Å². The molecule has 36 heavy (non-hydrogen) atoms. The van der Waals surface area contributed by atoms with Crippen molar-refractivity contribution in [2.45, 2.75) is 52.1 Å². The minimum Gasteiger partial charge on any atom is -0.387 e. The van der Waals surface area contributed by atoms with Crippen molar-refractivity contribution >= 4 is 17.1 Å². The fourth-order valence-electron chi connectivity index (χ4n) is 4.22. The number of aromatic nitrogens is 2. The zero-order valence-electron chi connectivity index (χ0n) is 21.4. The molecule has 1 aliphatic rings. The van der Waals surface area contributed by atoms with E-state index in [1.807, 2.05) is 26.1 Å². The molecule has 4 rings (SSSR count). The monoisotopic (exact) mass is 497 g/mol. The average Bonchev–Trinajstić information content (AvgIpc) is 3.27. The molecule has 0 radical (unpaired) electrons. The van der Waals surface area contributed by atoms with Gasteiger partial charge in [-0.15, -0.1) is 0 Å². The number of alkyl halides is 1. The average molecular weight is 498 g/mol. The highest BCUT2D eigenvalue weighted by Gasteiger charge is 2.27. The van der Waals surface area contributed by atoms with E-state index in [1.165, 1.54) is 25.6 Å². The maximum Gasteiger partial charge on any atom is 0.255 e. The maximum absolute atomic E-state index is 14.2. The summed E-state index contributed by atoms with van der Waals surface area (Å²) >= 11 is 0. The van der Waals surface area contributed by atoms with Crippen LogP contribution in [0.15, 0.2) is 42.7 Å². The highest BCUT2D eigenvalue weighted by atomic mass is 19.1. The molecule has 194 valence electrons. The number of aliphatic hydroxyl groups is 1. The van der Waals surface area contributed by atoms with Gasteiger partial charge in [-0.05, 0) is 51.0 Å². The second-order valence-electron chi connectivity index (χ2n) is 10.2. The van der Waals surface area contributed by atoms with Crippen molar-refractivity contribution in [3.05, 3.63) is 53.9 Å². The van der Waals surface area contributed by atoms with Gasteiger partial charge in [-0.25, -0.2) is 8.91 Å². The van der Waals surface area contributed by atoms with Gasteiger partial charge in [0, 0.05) is 37.4 Å². The molecule has 0 saturated carbocycles. The summed E-state index contributed by atoms with van der Waals surface area (Å²) in [6.07, 6.45) is 1.84. The lowest BCUT2D eigenvalue weighted by atomic mass is 10.0. The normalized spacial score (nSPS) is 15.9. The van der Waals surface area contributed by atoms with Gasteiger partial charge in [0.2, 0.25) is 0 Å². The number of fused-ring (bicyclic) bond motifs is 1. The molecule has 8 nitrogen and oxygen atoms in total. The van der Waals surface area contributed by atoms with E-state index in [1.54, 1.807) is 4.52 Å². The van der Waals surface area contributed by atoms with Gasteiger partial charge < -0.3 is 20.5 Å². The van der Waals surface area contributed by atoms with Crippen LogP contribution in [-0.4, -0.2) is 76.2 Å². The SMILES string of the molecule is CC(C)Nc1c(C(=O)NC[C@@H](F)C(C)(C)O)cnn2cc(-c3cccc(CN4CCOCC4)c3)cc12. The Kier molecular flexibility index (Phi) is 7.92. The van der Waals surface area contributed by atoms with Crippen LogP contribution in [-0.2, 0) is 11.3 Å². The highest BCUT2D eigenvalue weighted by molar-refractivity contribution is 6.03. The molecule has 0 unspecified atom stereocenters. The summed E-state index contributed by atoms with van der Waals surface area (Å²) in [5.74, 6) is -0.449. The summed E-state index contributed by atoms with van der Waals surface area (Å²) in [4.78, 5) is 15.4. The second kappa shape index (κ2) is 10.9. The van der Waals surface area contributed by atoms with Crippen molar-refractivity contribution in [2.24, 2.45) is 0 Å². The first-order chi connectivity index (χ1) is 17.1. The van der Waals surface area contributed by atoms with Gasteiger partial charge in [0.25, 0.3) is 5.91 Å². The van der Waals surface area contributed by atoms with Gasteiger partial charge in [-0.2, -0.15) is 5.10 Å². The molecule has 1 fully saturated rings. The van der Waals surface area contributed by atoms with Gasteiger partial charge in [0.15, 0.2) is 0 Å². The molecule has 1 aromatic carbocycles. The number of halogens is 1.